The van der Waals surface area contributed by atoms with E-state index in [1.807, 2.05) is 6.92 Å². The molecule has 28 heavy (non-hydrogen) atoms. The minimum absolute atomic E-state index is 0.102. The maximum Gasteiger partial charge on any atom is 0.409 e. The van der Waals surface area contributed by atoms with Crippen LogP contribution in [-0.2, 0) is 20.3 Å². The van der Waals surface area contributed by atoms with Crippen molar-refractivity contribution in [2.75, 3.05) is 36.2 Å². The van der Waals surface area contributed by atoms with Crippen LogP contribution in [0.3, 0.4) is 0 Å². The first-order valence-electron chi connectivity index (χ1n) is 8.72. The van der Waals surface area contributed by atoms with E-state index in [-0.39, 0.29) is 11.8 Å². The molecule has 1 aliphatic heterocycles. The zero-order valence-electron chi connectivity index (χ0n) is 15.6. The molecule has 0 bridgehead atoms. The van der Waals surface area contributed by atoms with Gasteiger partial charge < -0.3 is 14.7 Å². The van der Waals surface area contributed by atoms with Gasteiger partial charge in [-0.3, -0.25) is 5.32 Å². The summed E-state index contributed by atoms with van der Waals surface area (Å²) in [6, 6.07) is 8.39. The highest BCUT2D eigenvalue weighted by Gasteiger charge is 2.22. The maximum absolute atomic E-state index is 11.8. The number of nitrogens with zero attached hydrogens (tertiary/aromatic N) is 3. The Labute approximate surface area is 163 Å². The van der Waals surface area contributed by atoms with Crippen molar-refractivity contribution in [1.29, 1.82) is 0 Å². The van der Waals surface area contributed by atoms with Crippen LogP contribution in [0.15, 0.2) is 30.3 Å². The third-order valence-corrected chi connectivity index (χ3v) is 5.05. The number of hydrogen-bond acceptors (Lipinski definition) is 7. The fraction of sp³-hybridized carbons (Fsp3) is 0.389. The SMILES string of the molecule is C[C@H]1COCCN1c1cc(CS(C)(=O)=O)nc(-c2ccc(NC(=O)O)cc2)n1. The largest absolute Gasteiger partial charge is 0.465 e. The van der Waals surface area contributed by atoms with Crippen molar-refractivity contribution >= 4 is 27.4 Å². The van der Waals surface area contributed by atoms with Gasteiger partial charge in [-0.15, -0.1) is 0 Å². The Morgan fingerprint density at radius 2 is 2.04 bits per heavy atom. The fourth-order valence-corrected chi connectivity index (χ4v) is 3.68. The Morgan fingerprint density at radius 3 is 2.64 bits per heavy atom. The standard InChI is InChI=1S/C18H22N4O5S/c1-12-10-27-8-7-22(12)16-9-15(11-28(2,25)26)19-17(21-16)13-3-5-14(6-4-13)20-18(23)24/h3-6,9,12,20H,7-8,10-11H2,1-2H3,(H,23,24)/t12-/m0/s1. The molecule has 0 radical (unpaired) electrons. The molecule has 0 unspecified atom stereocenters. The minimum Gasteiger partial charge on any atom is -0.465 e. The first-order valence-corrected chi connectivity index (χ1v) is 10.8. The van der Waals surface area contributed by atoms with Gasteiger partial charge in [0.15, 0.2) is 15.7 Å². The third kappa shape index (κ3) is 5.17. The molecule has 9 nitrogen and oxygen atoms in total. The van der Waals surface area contributed by atoms with E-state index in [9.17, 15) is 13.2 Å². The first kappa shape index (κ1) is 20.0. The first-order chi connectivity index (χ1) is 13.2. The lowest BCUT2D eigenvalue weighted by Crippen LogP contribution is -2.44. The highest BCUT2D eigenvalue weighted by atomic mass is 32.2. The smallest absolute Gasteiger partial charge is 0.409 e. The van der Waals surface area contributed by atoms with Crippen molar-refractivity contribution in [3.8, 4) is 11.4 Å². The van der Waals surface area contributed by atoms with Crippen molar-refractivity contribution in [3.63, 3.8) is 0 Å². The number of aromatic nitrogens is 2. The highest BCUT2D eigenvalue weighted by molar-refractivity contribution is 7.89. The predicted molar refractivity (Wildman–Crippen MR) is 105 cm³/mol. The predicted octanol–water partition coefficient (Wildman–Crippen LogP) is 2.00. The van der Waals surface area contributed by atoms with Crippen LogP contribution in [0.1, 0.15) is 12.6 Å². The second kappa shape index (κ2) is 8.11. The van der Waals surface area contributed by atoms with Crippen molar-refractivity contribution in [2.45, 2.75) is 18.7 Å². The summed E-state index contributed by atoms with van der Waals surface area (Å²) < 4.78 is 29.0. The fourth-order valence-electron chi connectivity index (χ4n) is 3.00. The molecule has 0 saturated carbocycles. The third-order valence-electron chi connectivity index (χ3n) is 4.23. The molecule has 0 aliphatic carbocycles. The van der Waals surface area contributed by atoms with Crippen molar-refractivity contribution < 1.29 is 23.1 Å². The molecule has 2 heterocycles. The molecule has 2 aromatic rings. The summed E-state index contributed by atoms with van der Waals surface area (Å²) in [5.41, 5.74) is 1.49. The summed E-state index contributed by atoms with van der Waals surface area (Å²) in [6.07, 6.45) is 0.0146. The molecule has 1 fully saturated rings. The minimum atomic E-state index is -3.27. The van der Waals surface area contributed by atoms with Gasteiger partial charge in [-0.1, -0.05) is 0 Å². The molecule has 1 amide bonds. The van der Waals surface area contributed by atoms with Crippen LogP contribution in [0.25, 0.3) is 11.4 Å². The number of carbonyl (C=O) groups is 1. The summed E-state index contributed by atoms with van der Waals surface area (Å²) in [4.78, 5) is 21.9. The highest BCUT2D eigenvalue weighted by Crippen LogP contribution is 2.25. The van der Waals surface area contributed by atoms with E-state index < -0.39 is 15.9 Å². The van der Waals surface area contributed by atoms with Crippen molar-refractivity contribution in [1.82, 2.24) is 9.97 Å². The number of nitrogens with one attached hydrogen (secondary N) is 1. The number of anilines is 2. The van der Waals surface area contributed by atoms with E-state index in [0.717, 1.165) is 6.26 Å². The quantitative estimate of drug-likeness (QED) is 0.773. The molecule has 2 N–H and O–H groups in total. The zero-order chi connectivity index (χ0) is 20.3. The molecule has 0 spiro atoms. The summed E-state index contributed by atoms with van der Waals surface area (Å²) in [6.45, 7) is 3.80. The van der Waals surface area contributed by atoms with Gasteiger partial charge in [-0.05, 0) is 31.2 Å². The lowest BCUT2D eigenvalue weighted by Gasteiger charge is -2.34. The van der Waals surface area contributed by atoms with Crippen molar-refractivity contribution in [3.05, 3.63) is 36.0 Å². The van der Waals surface area contributed by atoms with Crippen LogP contribution in [-0.4, -0.2) is 61.6 Å². The van der Waals surface area contributed by atoms with E-state index in [1.54, 1.807) is 30.3 Å². The summed E-state index contributed by atoms with van der Waals surface area (Å²) in [5, 5.41) is 11.1. The number of rotatable bonds is 5. The molecule has 150 valence electrons. The number of sulfone groups is 1. The van der Waals surface area contributed by atoms with Crippen LogP contribution in [0.4, 0.5) is 16.3 Å². The van der Waals surface area contributed by atoms with Gasteiger partial charge in [0.25, 0.3) is 0 Å². The Morgan fingerprint density at radius 1 is 1.32 bits per heavy atom. The van der Waals surface area contributed by atoms with Crippen molar-refractivity contribution in [2.24, 2.45) is 0 Å². The summed E-state index contributed by atoms with van der Waals surface area (Å²) >= 11 is 0. The number of ether oxygens (including phenoxy) is 1. The maximum atomic E-state index is 11.8. The molecule has 1 aromatic heterocycles. The van der Waals surface area contributed by atoms with Gasteiger partial charge in [-0.2, -0.15) is 0 Å². The van der Waals surface area contributed by atoms with Gasteiger partial charge in [0.2, 0.25) is 0 Å². The van der Waals surface area contributed by atoms with Crippen LogP contribution in [0.5, 0.6) is 0 Å². The van der Waals surface area contributed by atoms with Gasteiger partial charge >= 0.3 is 6.09 Å². The average molecular weight is 406 g/mol. The van der Waals surface area contributed by atoms with Crippen LogP contribution < -0.4 is 10.2 Å². The molecule has 3 rings (SSSR count). The Hall–Kier alpha value is -2.72. The van der Waals surface area contributed by atoms with Gasteiger partial charge in [-0.25, -0.2) is 23.2 Å². The normalized spacial score (nSPS) is 17.4. The molecular weight excluding hydrogens is 384 g/mol. The summed E-state index contributed by atoms with van der Waals surface area (Å²) in [5.74, 6) is 0.844. The number of benzene rings is 1. The Kier molecular flexibility index (Phi) is 5.80. The van der Waals surface area contributed by atoms with E-state index in [1.165, 1.54) is 0 Å². The number of amides is 1. The van der Waals surface area contributed by atoms with E-state index >= 15 is 0 Å². The van der Waals surface area contributed by atoms with E-state index in [2.05, 4.69) is 20.2 Å². The number of morpholine rings is 1. The number of hydrogen-bond donors (Lipinski definition) is 2. The molecule has 1 saturated heterocycles. The second-order valence-corrected chi connectivity index (χ2v) is 8.88. The Bertz CT molecular complexity index is 962. The van der Waals surface area contributed by atoms with E-state index in [4.69, 9.17) is 9.84 Å². The second-order valence-electron chi connectivity index (χ2n) is 6.74. The van der Waals surface area contributed by atoms with Crippen LogP contribution in [0, 0.1) is 0 Å². The lowest BCUT2D eigenvalue weighted by atomic mass is 10.2. The average Bonchev–Trinajstić information content (AvgIpc) is 2.60. The molecule has 1 aliphatic rings. The van der Waals surface area contributed by atoms with Crippen LogP contribution in [0.2, 0.25) is 0 Å². The molecule has 1 atom stereocenters. The monoisotopic (exact) mass is 406 g/mol. The number of carboxylic acid groups (broad SMARTS) is 1. The topological polar surface area (TPSA) is 122 Å². The van der Waals surface area contributed by atoms with E-state index in [0.29, 0.717) is 48.3 Å². The lowest BCUT2D eigenvalue weighted by molar-refractivity contribution is 0.0985. The van der Waals surface area contributed by atoms with Gasteiger partial charge in [0, 0.05) is 30.1 Å². The zero-order valence-corrected chi connectivity index (χ0v) is 16.4. The summed E-state index contributed by atoms with van der Waals surface area (Å²) in [7, 11) is -3.27. The van der Waals surface area contributed by atoms with Gasteiger partial charge in [0.05, 0.1) is 30.7 Å². The molecule has 1 aromatic carbocycles. The molecule has 10 heteroatoms. The molecular formula is C18H22N4O5S. The van der Waals surface area contributed by atoms with Crippen LogP contribution >= 0.6 is 0 Å². The van der Waals surface area contributed by atoms with Gasteiger partial charge in [0.1, 0.15) is 5.82 Å². The Balaban J connectivity index is 2.00.